The lowest BCUT2D eigenvalue weighted by Crippen LogP contribution is -1.61. The summed E-state index contributed by atoms with van der Waals surface area (Å²) in [5.41, 5.74) is 2.41. The number of nitrogens with one attached hydrogen (secondary N) is 2. The SMILES string of the molecule is F.c1ccc2[nH]ccc2c1.c1ccc2[nH]ccc2c1. The number of hydrogen-bond donors (Lipinski definition) is 2. The summed E-state index contributed by atoms with van der Waals surface area (Å²) in [4.78, 5) is 6.24. The molecule has 0 saturated carbocycles. The van der Waals surface area contributed by atoms with E-state index in [0.29, 0.717) is 0 Å². The molecule has 2 N–H and O–H groups in total. The van der Waals surface area contributed by atoms with Crippen molar-refractivity contribution in [3.05, 3.63) is 73.1 Å². The van der Waals surface area contributed by atoms with Crippen molar-refractivity contribution in [3.63, 3.8) is 0 Å². The van der Waals surface area contributed by atoms with Crippen molar-refractivity contribution in [2.75, 3.05) is 0 Å². The number of benzene rings is 2. The van der Waals surface area contributed by atoms with Gasteiger partial charge in [0, 0.05) is 23.4 Å². The number of halogens is 1. The fraction of sp³-hybridized carbons (Fsp3) is 0. The van der Waals surface area contributed by atoms with Gasteiger partial charge in [-0.05, 0) is 35.0 Å². The van der Waals surface area contributed by atoms with Gasteiger partial charge in [0.05, 0.1) is 0 Å². The molecule has 0 bridgehead atoms. The van der Waals surface area contributed by atoms with Crippen molar-refractivity contribution >= 4 is 21.8 Å². The lowest BCUT2D eigenvalue weighted by atomic mass is 10.3. The third-order valence-electron chi connectivity index (χ3n) is 2.93. The van der Waals surface area contributed by atoms with Gasteiger partial charge in [-0.15, -0.1) is 0 Å². The second-order valence-corrected chi connectivity index (χ2v) is 4.13. The topological polar surface area (TPSA) is 31.6 Å². The van der Waals surface area contributed by atoms with E-state index in [1.54, 1.807) is 0 Å². The summed E-state index contributed by atoms with van der Waals surface area (Å²) >= 11 is 0. The maximum Gasteiger partial charge on any atom is 0.0453 e. The van der Waals surface area contributed by atoms with E-state index in [-0.39, 0.29) is 4.70 Å². The molecule has 0 spiro atoms. The molecular formula is C16H15FN2. The Hall–Kier alpha value is -2.55. The molecule has 0 aliphatic rings. The van der Waals surface area contributed by atoms with Crippen LogP contribution < -0.4 is 0 Å². The van der Waals surface area contributed by atoms with E-state index in [1.807, 2.05) is 36.7 Å². The molecule has 0 saturated heterocycles. The predicted molar refractivity (Wildman–Crippen MR) is 79.1 cm³/mol. The van der Waals surface area contributed by atoms with Crippen molar-refractivity contribution < 1.29 is 4.70 Å². The molecule has 2 aromatic carbocycles. The quantitative estimate of drug-likeness (QED) is 0.463. The highest BCUT2D eigenvalue weighted by molar-refractivity contribution is 5.79. The van der Waals surface area contributed by atoms with E-state index >= 15 is 0 Å². The monoisotopic (exact) mass is 254 g/mol. The van der Waals surface area contributed by atoms with Crippen molar-refractivity contribution in [1.82, 2.24) is 9.97 Å². The van der Waals surface area contributed by atoms with Gasteiger partial charge in [-0.1, -0.05) is 36.4 Å². The fourth-order valence-corrected chi connectivity index (χ4v) is 1.99. The molecule has 3 heteroatoms. The molecule has 0 aliphatic heterocycles. The minimum Gasteiger partial charge on any atom is -0.361 e. The average Bonchev–Trinajstić information content (AvgIpc) is 3.08. The lowest BCUT2D eigenvalue weighted by Gasteiger charge is -1.83. The largest absolute Gasteiger partial charge is 0.361 e. The van der Waals surface area contributed by atoms with E-state index in [9.17, 15) is 0 Å². The second-order valence-electron chi connectivity index (χ2n) is 4.13. The lowest BCUT2D eigenvalue weighted by molar-refractivity contribution is 1.11. The van der Waals surface area contributed by atoms with E-state index in [4.69, 9.17) is 0 Å². The Kier molecular flexibility index (Phi) is 3.98. The van der Waals surface area contributed by atoms with Crippen LogP contribution in [0.5, 0.6) is 0 Å². The highest BCUT2D eigenvalue weighted by atomic mass is 19.0. The number of aromatic amines is 2. The Morgan fingerprint density at radius 3 is 1.37 bits per heavy atom. The van der Waals surface area contributed by atoms with E-state index < -0.39 is 0 Å². The Morgan fingerprint density at radius 2 is 0.947 bits per heavy atom. The molecule has 0 fully saturated rings. The van der Waals surface area contributed by atoms with Gasteiger partial charge in [0.25, 0.3) is 0 Å². The zero-order valence-corrected chi connectivity index (χ0v) is 10.3. The Labute approximate surface area is 110 Å². The van der Waals surface area contributed by atoms with Crippen LogP contribution in [-0.4, -0.2) is 9.97 Å². The smallest absolute Gasteiger partial charge is 0.0453 e. The van der Waals surface area contributed by atoms with Gasteiger partial charge in [-0.2, -0.15) is 0 Å². The van der Waals surface area contributed by atoms with Crippen LogP contribution in [0.1, 0.15) is 0 Å². The van der Waals surface area contributed by atoms with Gasteiger partial charge < -0.3 is 9.97 Å². The molecule has 4 rings (SSSR count). The van der Waals surface area contributed by atoms with Crippen LogP contribution in [0, 0.1) is 0 Å². The van der Waals surface area contributed by atoms with Gasteiger partial charge in [0.2, 0.25) is 0 Å². The van der Waals surface area contributed by atoms with Crippen LogP contribution in [0.2, 0.25) is 0 Å². The number of aromatic nitrogens is 2. The van der Waals surface area contributed by atoms with Crippen LogP contribution in [0.25, 0.3) is 21.8 Å². The van der Waals surface area contributed by atoms with Crippen molar-refractivity contribution in [3.8, 4) is 0 Å². The Balaban J connectivity index is 0.000000133. The summed E-state index contributed by atoms with van der Waals surface area (Å²) in [5.74, 6) is 0. The summed E-state index contributed by atoms with van der Waals surface area (Å²) in [6, 6.07) is 20.6. The van der Waals surface area contributed by atoms with E-state index in [1.165, 1.54) is 21.8 Å². The maximum absolute atomic E-state index is 3.12. The molecule has 0 unspecified atom stereocenters. The van der Waals surface area contributed by atoms with E-state index in [0.717, 1.165) is 0 Å². The zero-order valence-electron chi connectivity index (χ0n) is 10.3. The molecule has 0 aliphatic carbocycles. The van der Waals surface area contributed by atoms with Gasteiger partial charge in [-0.3, -0.25) is 4.70 Å². The van der Waals surface area contributed by atoms with Crippen LogP contribution in [-0.2, 0) is 0 Å². The maximum atomic E-state index is 3.12. The highest BCUT2D eigenvalue weighted by Gasteiger charge is 1.87. The molecular weight excluding hydrogens is 239 g/mol. The standard InChI is InChI=1S/2C8H7N.FH/c2*1-2-4-8-7(3-1)5-6-9-8;/h2*1-6,9H;1H. The van der Waals surface area contributed by atoms with Gasteiger partial charge in [0.15, 0.2) is 0 Å². The third kappa shape index (κ3) is 2.83. The summed E-state index contributed by atoms with van der Waals surface area (Å²) < 4.78 is 0. The first kappa shape index (κ1) is 12.9. The summed E-state index contributed by atoms with van der Waals surface area (Å²) in [6.45, 7) is 0. The first-order valence-electron chi connectivity index (χ1n) is 5.98. The number of rotatable bonds is 0. The molecule has 0 atom stereocenters. The van der Waals surface area contributed by atoms with Crippen molar-refractivity contribution in [2.24, 2.45) is 0 Å². The fourth-order valence-electron chi connectivity index (χ4n) is 1.99. The van der Waals surface area contributed by atoms with Crippen LogP contribution in [0.15, 0.2) is 73.1 Å². The average molecular weight is 254 g/mol. The van der Waals surface area contributed by atoms with Crippen molar-refractivity contribution in [1.29, 1.82) is 0 Å². The first-order chi connectivity index (χ1) is 8.93. The normalized spacial score (nSPS) is 9.68. The van der Waals surface area contributed by atoms with Gasteiger partial charge in [-0.25, -0.2) is 0 Å². The molecule has 4 aromatic rings. The molecule has 2 nitrogen and oxygen atoms in total. The molecule has 0 radical (unpaired) electrons. The minimum absolute atomic E-state index is 0. The van der Waals surface area contributed by atoms with Gasteiger partial charge >= 0.3 is 0 Å². The summed E-state index contributed by atoms with van der Waals surface area (Å²) in [6.07, 6.45) is 3.90. The molecule has 19 heavy (non-hydrogen) atoms. The molecule has 2 heterocycles. The van der Waals surface area contributed by atoms with Gasteiger partial charge in [0.1, 0.15) is 0 Å². The zero-order chi connectivity index (χ0) is 12.2. The second kappa shape index (κ2) is 5.87. The van der Waals surface area contributed by atoms with E-state index in [2.05, 4.69) is 46.4 Å². The number of para-hydroxylation sites is 2. The predicted octanol–water partition coefficient (Wildman–Crippen LogP) is 4.49. The summed E-state index contributed by atoms with van der Waals surface area (Å²) in [5, 5.41) is 2.55. The summed E-state index contributed by atoms with van der Waals surface area (Å²) in [7, 11) is 0. The Morgan fingerprint density at radius 1 is 0.526 bits per heavy atom. The third-order valence-corrected chi connectivity index (χ3v) is 2.93. The van der Waals surface area contributed by atoms with Crippen LogP contribution in [0.4, 0.5) is 4.70 Å². The number of hydrogen-bond acceptors (Lipinski definition) is 0. The Bertz CT molecular complexity index is 629. The van der Waals surface area contributed by atoms with Crippen LogP contribution >= 0.6 is 0 Å². The molecule has 96 valence electrons. The number of H-pyrrole nitrogens is 2. The van der Waals surface area contributed by atoms with Crippen LogP contribution in [0.3, 0.4) is 0 Å². The number of fused-ring (bicyclic) bond motifs is 2. The molecule has 0 amide bonds. The van der Waals surface area contributed by atoms with Crippen molar-refractivity contribution in [2.45, 2.75) is 0 Å². The highest BCUT2D eigenvalue weighted by Crippen LogP contribution is 2.09. The minimum atomic E-state index is 0. The first-order valence-corrected chi connectivity index (χ1v) is 5.98. The molecule has 2 aromatic heterocycles.